The molecule has 1 fully saturated rings. The van der Waals surface area contributed by atoms with Crippen LogP contribution in [-0.2, 0) is 9.53 Å². The van der Waals surface area contributed by atoms with Crippen molar-refractivity contribution in [3.8, 4) is 0 Å². The van der Waals surface area contributed by atoms with Gasteiger partial charge in [0.1, 0.15) is 24.1 Å². The summed E-state index contributed by atoms with van der Waals surface area (Å²) in [6, 6.07) is 4.74. The van der Waals surface area contributed by atoms with Crippen molar-refractivity contribution in [3.63, 3.8) is 0 Å². The van der Waals surface area contributed by atoms with Gasteiger partial charge in [0, 0.05) is 18.3 Å². The molecule has 144 valence electrons. The number of urea groups is 1. The zero-order chi connectivity index (χ0) is 19.3. The molecule has 5 N–H and O–H groups in total. The Bertz CT molecular complexity index is 643. The second-order valence-corrected chi connectivity index (χ2v) is 6.47. The summed E-state index contributed by atoms with van der Waals surface area (Å²) in [6.07, 6.45) is -4.28. The van der Waals surface area contributed by atoms with Crippen molar-refractivity contribution in [2.24, 2.45) is 0 Å². The van der Waals surface area contributed by atoms with Crippen molar-refractivity contribution in [1.29, 1.82) is 0 Å². The van der Waals surface area contributed by atoms with Gasteiger partial charge in [-0.25, -0.2) is 9.18 Å². The average Bonchev–Trinajstić information content (AvgIpc) is 2.80. The number of hydrogen-bond acceptors (Lipinski definition) is 5. The van der Waals surface area contributed by atoms with Crippen LogP contribution in [0.4, 0.5) is 14.9 Å². The molecule has 4 unspecified atom stereocenters. The van der Waals surface area contributed by atoms with Crippen LogP contribution in [0.5, 0.6) is 0 Å². The monoisotopic (exact) mass is 369 g/mol. The molecule has 0 radical (unpaired) electrons. The lowest BCUT2D eigenvalue weighted by atomic mass is 10.1. The summed E-state index contributed by atoms with van der Waals surface area (Å²) in [5.41, 5.74) is 0.277. The Balaban J connectivity index is 1.81. The fourth-order valence-electron chi connectivity index (χ4n) is 2.66. The molecule has 0 aliphatic carbocycles. The van der Waals surface area contributed by atoms with Crippen LogP contribution in [0.1, 0.15) is 20.3 Å². The van der Waals surface area contributed by atoms with Gasteiger partial charge < -0.3 is 30.9 Å². The topological polar surface area (TPSA) is 120 Å². The van der Waals surface area contributed by atoms with Crippen molar-refractivity contribution in [2.75, 3.05) is 11.9 Å². The highest BCUT2D eigenvalue weighted by molar-refractivity contribution is 5.89. The third-order valence-electron chi connectivity index (χ3n) is 3.84. The van der Waals surface area contributed by atoms with Gasteiger partial charge >= 0.3 is 6.03 Å². The first-order valence-corrected chi connectivity index (χ1v) is 8.37. The van der Waals surface area contributed by atoms with Crippen LogP contribution in [0, 0.1) is 5.82 Å². The highest BCUT2D eigenvalue weighted by Crippen LogP contribution is 2.23. The predicted octanol–water partition coefficient (Wildman–Crippen LogP) is 0.351. The Morgan fingerprint density at radius 1 is 1.23 bits per heavy atom. The number of hydrogen-bond donors (Lipinski definition) is 5. The Morgan fingerprint density at radius 3 is 2.58 bits per heavy atom. The van der Waals surface area contributed by atoms with Gasteiger partial charge in [-0.3, -0.25) is 4.79 Å². The summed E-state index contributed by atoms with van der Waals surface area (Å²) in [6.45, 7) is 3.53. The fraction of sp³-hybridized carbons (Fsp3) is 0.529. The van der Waals surface area contributed by atoms with Crippen molar-refractivity contribution >= 4 is 17.6 Å². The number of aliphatic hydroxyl groups is 2. The highest BCUT2D eigenvalue weighted by Gasteiger charge is 2.43. The van der Waals surface area contributed by atoms with Crippen molar-refractivity contribution in [3.05, 3.63) is 30.1 Å². The maximum Gasteiger partial charge on any atom is 0.319 e. The number of ether oxygens (including phenoxy) is 1. The van der Waals surface area contributed by atoms with Gasteiger partial charge in [-0.15, -0.1) is 0 Å². The molecular weight excluding hydrogens is 345 g/mol. The minimum atomic E-state index is -1.23. The lowest BCUT2D eigenvalue weighted by molar-refractivity contribution is -0.125. The summed E-state index contributed by atoms with van der Waals surface area (Å²) in [5.74, 6) is -0.781. The maximum atomic E-state index is 13.1. The molecule has 0 bridgehead atoms. The van der Waals surface area contributed by atoms with E-state index in [0.717, 1.165) is 6.07 Å². The van der Waals surface area contributed by atoms with Crippen LogP contribution in [-0.4, -0.2) is 59.2 Å². The Hall–Kier alpha value is -2.23. The van der Waals surface area contributed by atoms with Crippen LogP contribution in [0.3, 0.4) is 0 Å². The number of halogens is 1. The van der Waals surface area contributed by atoms with Gasteiger partial charge in [-0.1, -0.05) is 6.07 Å². The van der Waals surface area contributed by atoms with Gasteiger partial charge in [0.2, 0.25) is 5.91 Å². The largest absolute Gasteiger partial charge is 0.388 e. The minimum absolute atomic E-state index is 0.0463. The summed E-state index contributed by atoms with van der Waals surface area (Å²) in [4.78, 5) is 23.6. The van der Waals surface area contributed by atoms with Gasteiger partial charge in [0.05, 0.1) is 12.5 Å². The number of anilines is 1. The van der Waals surface area contributed by atoms with E-state index in [1.54, 1.807) is 0 Å². The highest BCUT2D eigenvalue weighted by atomic mass is 19.1. The van der Waals surface area contributed by atoms with E-state index in [0.29, 0.717) is 0 Å². The number of carbonyl (C=O) groups excluding carboxylic acids is 2. The van der Waals surface area contributed by atoms with E-state index in [4.69, 9.17) is 4.74 Å². The van der Waals surface area contributed by atoms with Crippen LogP contribution in [0.15, 0.2) is 24.3 Å². The second-order valence-electron chi connectivity index (χ2n) is 6.47. The summed E-state index contributed by atoms with van der Waals surface area (Å²) >= 11 is 0. The average molecular weight is 369 g/mol. The van der Waals surface area contributed by atoms with Crippen LogP contribution >= 0.6 is 0 Å². The molecule has 2 rings (SSSR count). The molecule has 4 atom stereocenters. The summed E-state index contributed by atoms with van der Waals surface area (Å²) in [7, 11) is 0. The first-order chi connectivity index (χ1) is 12.3. The molecule has 26 heavy (non-hydrogen) atoms. The first-order valence-electron chi connectivity index (χ1n) is 8.37. The van der Waals surface area contributed by atoms with Crippen LogP contribution in [0.2, 0.25) is 0 Å². The SMILES string of the molecule is CC(C)NC(=O)CC1OC(CNC(=O)Nc2cccc(F)c2)C(O)C1O. The Labute approximate surface area is 150 Å². The van der Waals surface area contributed by atoms with E-state index in [-0.39, 0.29) is 30.6 Å². The van der Waals surface area contributed by atoms with Crippen molar-refractivity contribution in [2.45, 2.75) is 50.7 Å². The van der Waals surface area contributed by atoms with Crippen molar-refractivity contribution < 1.29 is 28.9 Å². The third-order valence-corrected chi connectivity index (χ3v) is 3.84. The summed E-state index contributed by atoms with van der Waals surface area (Å²) in [5, 5.41) is 27.7. The number of amides is 3. The molecular formula is C17H24FN3O5. The molecule has 3 amide bonds. The molecule has 1 saturated heterocycles. The van der Waals surface area contributed by atoms with Gasteiger partial charge in [0.15, 0.2) is 0 Å². The molecule has 1 aliphatic heterocycles. The third kappa shape index (κ3) is 5.65. The number of rotatable bonds is 6. The second kappa shape index (κ2) is 8.93. The van der Waals surface area contributed by atoms with Crippen LogP contribution < -0.4 is 16.0 Å². The molecule has 1 aliphatic rings. The normalized spacial score (nSPS) is 25.2. The van der Waals surface area contributed by atoms with Crippen molar-refractivity contribution in [1.82, 2.24) is 10.6 Å². The summed E-state index contributed by atoms with van der Waals surface area (Å²) < 4.78 is 18.6. The zero-order valence-electron chi connectivity index (χ0n) is 14.6. The molecule has 1 heterocycles. The van der Waals surface area contributed by atoms with E-state index < -0.39 is 36.3 Å². The van der Waals surface area contributed by atoms with E-state index in [2.05, 4.69) is 16.0 Å². The van der Waals surface area contributed by atoms with Crippen LogP contribution in [0.25, 0.3) is 0 Å². The Morgan fingerprint density at radius 2 is 1.92 bits per heavy atom. The van der Waals surface area contributed by atoms with E-state index in [1.807, 2.05) is 13.8 Å². The molecule has 8 nitrogen and oxygen atoms in total. The molecule has 0 spiro atoms. The van der Waals surface area contributed by atoms with Gasteiger partial charge in [0.25, 0.3) is 0 Å². The number of carbonyl (C=O) groups is 2. The molecule has 1 aromatic carbocycles. The number of aliphatic hydroxyl groups excluding tert-OH is 2. The standard InChI is InChI=1S/C17H24FN3O5/c1-9(2)20-14(22)7-12-15(23)16(24)13(26-12)8-19-17(25)21-11-5-3-4-10(18)6-11/h3-6,9,12-13,15-16,23-24H,7-8H2,1-2H3,(H,20,22)(H2,19,21,25). The molecule has 9 heteroatoms. The molecule has 1 aromatic rings. The predicted molar refractivity (Wildman–Crippen MR) is 92.0 cm³/mol. The maximum absolute atomic E-state index is 13.1. The quantitative estimate of drug-likeness (QED) is 0.496. The van der Waals surface area contributed by atoms with E-state index >= 15 is 0 Å². The minimum Gasteiger partial charge on any atom is -0.388 e. The van der Waals surface area contributed by atoms with Gasteiger partial charge in [-0.05, 0) is 32.0 Å². The molecule has 0 saturated carbocycles. The number of nitrogens with one attached hydrogen (secondary N) is 3. The Kier molecular flexibility index (Phi) is 6.90. The first kappa shape index (κ1) is 20.1. The zero-order valence-corrected chi connectivity index (χ0v) is 14.6. The lowest BCUT2D eigenvalue weighted by Crippen LogP contribution is -2.41. The smallest absolute Gasteiger partial charge is 0.319 e. The lowest BCUT2D eigenvalue weighted by Gasteiger charge is -2.16. The molecule has 0 aromatic heterocycles. The van der Waals surface area contributed by atoms with Gasteiger partial charge in [-0.2, -0.15) is 0 Å². The number of benzene rings is 1. The fourth-order valence-corrected chi connectivity index (χ4v) is 2.66. The van der Waals surface area contributed by atoms with E-state index in [9.17, 15) is 24.2 Å². The van der Waals surface area contributed by atoms with E-state index in [1.165, 1.54) is 18.2 Å².